The molecule has 5 nitrogen and oxygen atoms in total. The molecule has 20 heavy (non-hydrogen) atoms. The molecular weight excluding hydrogens is 254 g/mol. The van der Waals surface area contributed by atoms with E-state index in [9.17, 15) is 9.59 Å². The zero-order valence-electron chi connectivity index (χ0n) is 12.2. The molecule has 0 spiro atoms. The number of nitrogens with one attached hydrogen (secondary N) is 2. The standard InChI is InChI=1S/C15H21N3O2/c1-4-16-13-6-5-10(2)9-12(13)15(20)18-8-7-17-14(19)11(18)3/h5-6,9,11,16H,4,7-8H2,1-3H3,(H,17,19). The molecule has 1 heterocycles. The molecule has 0 aliphatic carbocycles. The molecule has 2 N–H and O–H groups in total. The Bertz CT molecular complexity index is 528. The normalized spacial score (nSPS) is 18.6. The number of nitrogens with zero attached hydrogens (tertiary/aromatic N) is 1. The maximum atomic E-state index is 12.7. The highest BCUT2D eigenvalue weighted by atomic mass is 16.2. The summed E-state index contributed by atoms with van der Waals surface area (Å²) in [6.07, 6.45) is 0. The van der Waals surface area contributed by atoms with Gasteiger partial charge in [-0.25, -0.2) is 0 Å². The molecule has 1 fully saturated rings. The van der Waals surface area contributed by atoms with Gasteiger partial charge in [-0.1, -0.05) is 11.6 Å². The summed E-state index contributed by atoms with van der Waals surface area (Å²) in [6, 6.07) is 5.34. The number of anilines is 1. The van der Waals surface area contributed by atoms with Gasteiger partial charge in [-0.05, 0) is 32.9 Å². The van der Waals surface area contributed by atoms with Gasteiger partial charge < -0.3 is 15.5 Å². The number of benzene rings is 1. The van der Waals surface area contributed by atoms with Crippen LogP contribution in [0.15, 0.2) is 18.2 Å². The molecule has 108 valence electrons. The number of amides is 2. The van der Waals surface area contributed by atoms with Crippen molar-refractivity contribution in [3.8, 4) is 0 Å². The Morgan fingerprint density at radius 1 is 1.50 bits per heavy atom. The lowest BCUT2D eigenvalue weighted by molar-refractivity contribution is -0.127. The molecule has 0 aromatic heterocycles. The lowest BCUT2D eigenvalue weighted by Gasteiger charge is -2.33. The second-order valence-corrected chi connectivity index (χ2v) is 5.04. The first-order chi connectivity index (χ1) is 9.54. The Labute approximate surface area is 119 Å². The summed E-state index contributed by atoms with van der Waals surface area (Å²) in [5.41, 5.74) is 2.48. The zero-order chi connectivity index (χ0) is 14.7. The summed E-state index contributed by atoms with van der Waals surface area (Å²) in [5.74, 6) is -0.186. The Morgan fingerprint density at radius 2 is 2.25 bits per heavy atom. The van der Waals surface area contributed by atoms with Gasteiger partial charge in [0.1, 0.15) is 6.04 Å². The summed E-state index contributed by atoms with van der Waals surface area (Å²) in [7, 11) is 0. The summed E-state index contributed by atoms with van der Waals surface area (Å²) >= 11 is 0. The van der Waals surface area contributed by atoms with E-state index in [0.717, 1.165) is 17.8 Å². The highest BCUT2D eigenvalue weighted by molar-refractivity contribution is 6.02. The summed E-state index contributed by atoms with van der Waals surface area (Å²) in [5, 5.41) is 5.97. The van der Waals surface area contributed by atoms with Gasteiger partial charge in [0.2, 0.25) is 5.91 Å². The van der Waals surface area contributed by atoms with Crippen LogP contribution in [-0.2, 0) is 4.79 Å². The number of hydrogen-bond donors (Lipinski definition) is 2. The fraction of sp³-hybridized carbons (Fsp3) is 0.467. The third-order valence-corrected chi connectivity index (χ3v) is 3.53. The number of carbonyl (C=O) groups excluding carboxylic acids is 2. The lowest BCUT2D eigenvalue weighted by atomic mass is 10.1. The number of aryl methyl sites for hydroxylation is 1. The van der Waals surface area contributed by atoms with Crippen LogP contribution < -0.4 is 10.6 Å². The largest absolute Gasteiger partial charge is 0.385 e. The number of carbonyl (C=O) groups is 2. The van der Waals surface area contributed by atoms with Crippen molar-refractivity contribution in [3.05, 3.63) is 29.3 Å². The van der Waals surface area contributed by atoms with Gasteiger partial charge in [0, 0.05) is 25.3 Å². The molecule has 5 heteroatoms. The van der Waals surface area contributed by atoms with E-state index in [1.54, 1.807) is 11.8 Å². The number of piperazine rings is 1. The third kappa shape index (κ3) is 2.76. The first-order valence-corrected chi connectivity index (χ1v) is 6.97. The van der Waals surface area contributed by atoms with Gasteiger partial charge in [0.25, 0.3) is 5.91 Å². The molecule has 0 radical (unpaired) electrons. The SMILES string of the molecule is CCNc1ccc(C)cc1C(=O)N1CCNC(=O)C1C. The zero-order valence-corrected chi connectivity index (χ0v) is 12.2. The fourth-order valence-corrected chi connectivity index (χ4v) is 2.39. The van der Waals surface area contributed by atoms with Gasteiger partial charge in [-0.3, -0.25) is 9.59 Å². The monoisotopic (exact) mass is 275 g/mol. The van der Waals surface area contributed by atoms with Crippen molar-refractivity contribution in [1.82, 2.24) is 10.2 Å². The molecule has 0 bridgehead atoms. The minimum atomic E-state index is -0.425. The van der Waals surface area contributed by atoms with Crippen LogP contribution in [-0.4, -0.2) is 42.4 Å². The molecule has 1 aromatic carbocycles. The molecule has 1 aliphatic heterocycles. The van der Waals surface area contributed by atoms with Crippen molar-refractivity contribution in [2.75, 3.05) is 25.0 Å². The van der Waals surface area contributed by atoms with Crippen molar-refractivity contribution in [2.45, 2.75) is 26.8 Å². The highest BCUT2D eigenvalue weighted by Gasteiger charge is 2.30. The van der Waals surface area contributed by atoms with Crippen LogP contribution in [0.2, 0.25) is 0 Å². The third-order valence-electron chi connectivity index (χ3n) is 3.53. The summed E-state index contributed by atoms with van der Waals surface area (Å²) < 4.78 is 0. The first-order valence-electron chi connectivity index (χ1n) is 6.97. The van der Waals surface area contributed by atoms with Gasteiger partial charge in [0.15, 0.2) is 0 Å². The van der Waals surface area contributed by atoms with E-state index in [0.29, 0.717) is 18.7 Å². The molecule has 0 saturated carbocycles. The Hall–Kier alpha value is -2.04. The van der Waals surface area contributed by atoms with Crippen LogP contribution in [0.1, 0.15) is 29.8 Å². The second kappa shape index (κ2) is 5.94. The molecular formula is C15H21N3O2. The minimum Gasteiger partial charge on any atom is -0.385 e. The van der Waals surface area contributed by atoms with E-state index in [4.69, 9.17) is 0 Å². The molecule has 1 aromatic rings. The van der Waals surface area contributed by atoms with Crippen LogP contribution in [0.3, 0.4) is 0 Å². The molecule has 1 saturated heterocycles. The maximum absolute atomic E-state index is 12.7. The van der Waals surface area contributed by atoms with Gasteiger partial charge in [-0.15, -0.1) is 0 Å². The summed E-state index contributed by atoms with van der Waals surface area (Å²) in [4.78, 5) is 26.0. The number of hydrogen-bond acceptors (Lipinski definition) is 3. The quantitative estimate of drug-likeness (QED) is 0.876. The second-order valence-electron chi connectivity index (χ2n) is 5.04. The number of rotatable bonds is 3. The minimum absolute atomic E-state index is 0.0907. The molecule has 1 atom stereocenters. The molecule has 2 amide bonds. The predicted octanol–water partition coefficient (Wildman–Crippen LogP) is 1.39. The van der Waals surface area contributed by atoms with E-state index < -0.39 is 6.04 Å². The van der Waals surface area contributed by atoms with Crippen LogP contribution in [0.4, 0.5) is 5.69 Å². The van der Waals surface area contributed by atoms with Crippen LogP contribution >= 0.6 is 0 Å². The average Bonchev–Trinajstić information content (AvgIpc) is 2.43. The van der Waals surface area contributed by atoms with E-state index in [1.165, 1.54) is 0 Å². The van der Waals surface area contributed by atoms with E-state index >= 15 is 0 Å². The first kappa shape index (κ1) is 14.4. The van der Waals surface area contributed by atoms with E-state index in [1.807, 2.05) is 32.0 Å². The lowest BCUT2D eigenvalue weighted by Crippen LogP contribution is -2.55. The van der Waals surface area contributed by atoms with Crippen molar-refractivity contribution >= 4 is 17.5 Å². The van der Waals surface area contributed by atoms with Crippen molar-refractivity contribution in [3.63, 3.8) is 0 Å². The fourth-order valence-electron chi connectivity index (χ4n) is 2.39. The van der Waals surface area contributed by atoms with E-state index in [2.05, 4.69) is 10.6 Å². The van der Waals surface area contributed by atoms with Crippen molar-refractivity contribution in [1.29, 1.82) is 0 Å². The average molecular weight is 275 g/mol. The Kier molecular flexibility index (Phi) is 4.27. The van der Waals surface area contributed by atoms with Gasteiger partial charge in [-0.2, -0.15) is 0 Å². The topological polar surface area (TPSA) is 61.4 Å². The molecule has 1 unspecified atom stereocenters. The highest BCUT2D eigenvalue weighted by Crippen LogP contribution is 2.21. The van der Waals surface area contributed by atoms with Crippen LogP contribution in [0, 0.1) is 6.92 Å². The Morgan fingerprint density at radius 3 is 2.95 bits per heavy atom. The van der Waals surface area contributed by atoms with Crippen molar-refractivity contribution < 1.29 is 9.59 Å². The molecule has 1 aliphatic rings. The van der Waals surface area contributed by atoms with Crippen molar-refractivity contribution in [2.24, 2.45) is 0 Å². The summed E-state index contributed by atoms with van der Waals surface area (Å²) in [6.45, 7) is 7.51. The maximum Gasteiger partial charge on any atom is 0.256 e. The van der Waals surface area contributed by atoms with Crippen LogP contribution in [0.25, 0.3) is 0 Å². The smallest absolute Gasteiger partial charge is 0.256 e. The van der Waals surface area contributed by atoms with E-state index in [-0.39, 0.29) is 11.8 Å². The van der Waals surface area contributed by atoms with Crippen LogP contribution in [0.5, 0.6) is 0 Å². The Balaban J connectivity index is 2.32. The molecule has 2 rings (SSSR count). The van der Waals surface area contributed by atoms with Gasteiger partial charge >= 0.3 is 0 Å². The predicted molar refractivity (Wildman–Crippen MR) is 78.9 cm³/mol. The van der Waals surface area contributed by atoms with Gasteiger partial charge in [0.05, 0.1) is 5.56 Å².